The van der Waals surface area contributed by atoms with Crippen molar-refractivity contribution in [2.24, 2.45) is 0 Å². The average Bonchev–Trinajstić information content (AvgIpc) is 3.15. The zero-order chi connectivity index (χ0) is 20.1. The lowest BCUT2D eigenvalue weighted by atomic mass is 9.64. The topological polar surface area (TPSA) is 79.5 Å². The number of carbonyl (C=O) groups is 2. The molecule has 1 saturated heterocycles. The van der Waals surface area contributed by atoms with Gasteiger partial charge >= 0.3 is 12.2 Å². The molecule has 3 amide bonds. The van der Waals surface area contributed by atoms with E-state index in [9.17, 15) is 22.8 Å². The minimum atomic E-state index is -4.39. The fourth-order valence-corrected chi connectivity index (χ4v) is 3.61. The van der Waals surface area contributed by atoms with Crippen LogP contribution >= 0.6 is 0 Å². The number of nitrogens with zero attached hydrogens (tertiary/aromatic N) is 4. The summed E-state index contributed by atoms with van der Waals surface area (Å²) >= 11 is 0. The number of urea groups is 1. The van der Waals surface area contributed by atoms with Crippen molar-refractivity contribution in [2.45, 2.75) is 37.4 Å². The molecule has 1 saturated carbocycles. The van der Waals surface area contributed by atoms with Gasteiger partial charge in [0, 0.05) is 7.05 Å². The summed E-state index contributed by atoms with van der Waals surface area (Å²) in [5.74, 6) is 0.259. The van der Waals surface area contributed by atoms with Crippen LogP contribution in [0.1, 0.15) is 42.1 Å². The van der Waals surface area contributed by atoms with Crippen molar-refractivity contribution in [3.8, 4) is 0 Å². The first kappa shape index (κ1) is 18.5. The third-order valence-corrected chi connectivity index (χ3v) is 5.45. The summed E-state index contributed by atoms with van der Waals surface area (Å²) in [4.78, 5) is 30.3. The van der Waals surface area contributed by atoms with Gasteiger partial charge < -0.3 is 9.42 Å². The molecular formula is C18H17F3N4O3. The molecule has 4 rings (SSSR count). The largest absolute Gasteiger partial charge is 0.416 e. The molecule has 2 aromatic rings. The Balaban J connectivity index is 1.56. The number of hydrogen-bond donors (Lipinski definition) is 0. The Morgan fingerprint density at radius 2 is 1.86 bits per heavy atom. The van der Waals surface area contributed by atoms with Gasteiger partial charge in [-0.2, -0.15) is 18.2 Å². The first-order valence-corrected chi connectivity index (χ1v) is 8.77. The molecule has 0 radical (unpaired) electrons. The second-order valence-electron chi connectivity index (χ2n) is 7.11. The lowest BCUT2D eigenvalue weighted by molar-refractivity contribution is -0.137. The lowest BCUT2D eigenvalue weighted by Crippen LogP contribution is -2.36. The van der Waals surface area contributed by atoms with Crippen LogP contribution in [0.25, 0.3) is 0 Å². The van der Waals surface area contributed by atoms with Gasteiger partial charge in [0.25, 0.3) is 0 Å². The molecule has 0 spiro atoms. The van der Waals surface area contributed by atoms with E-state index in [1.165, 1.54) is 24.1 Å². The molecule has 0 atom stereocenters. The second-order valence-corrected chi connectivity index (χ2v) is 7.11. The van der Waals surface area contributed by atoms with E-state index < -0.39 is 23.2 Å². The van der Waals surface area contributed by atoms with Crippen LogP contribution in [-0.4, -0.2) is 45.5 Å². The average molecular weight is 394 g/mol. The molecule has 2 heterocycles. The fraction of sp³-hybridized carbons (Fsp3) is 0.444. The number of hydrogen-bond acceptors (Lipinski definition) is 5. The highest BCUT2D eigenvalue weighted by Crippen LogP contribution is 2.48. The van der Waals surface area contributed by atoms with E-state index in [4.69, 9.17) is 4.52 Å². The Morgan fingerprint density at radius 3 is 2.36 bits per heavy atom. The number of carbonyl (C=O) groups excluding carboxylic acids is 2. The van der Waals surface area contributed by atoms with Crippen molar-refractivity contribution >= 4 is 11.9 Å². The van der Waals surface area contributed by atoms with E-state index in [1.807, 2.05) is 0 Å². The third-order valence-electron chi connectivity index (χ3n) is 5.45. The predicted octanol–water partition coefficient (Wildman–Crippen LogP) is 2.95. The summed E-state index contributed by atoms with van der Waals surface area (Å²) in [6, 6.07) is 4.58. The Kier molecular flexibility index (Phi) is 4.16. The lowest BCUT2D eigenvalue weighted by Gasteiger charge is -2.39. The van der Waals surface area contributed by atoms with Crippen molar-refractivity contribution in [3.63, 3.8) is 0 Å². The maximum atomic E-state index is 12.8. The molecule has 1 aromatic heterocycles. The van der Waals surface area contributed by atoms with Crippen LogP contribution < -0.4 is 0 Å². The maximum Gasteiger partial charge on any atom is 0.416 e. The Labute approximate surface area is 158 Å². The first-order valence-electron chi connectivity index (χ1n) is 8.77. The van der Waals surface area contributed by atoms with Crippen molar-refractivity contribution in [3.05, 3.63) is 47.1 Å². The van der Waals surface area contributed by atoms with E-state index in [0.29, 0.717) is 24.2 Å². The highest BCUT2D eigenvalue weighted by molar-refractivity contribution is 6.01. The summed E-state index contributed by atoms with van der Waals surface area (Å²) in [5, 5.41) is 4.02. The van der Waals surface area contributed by atoms with Gasteiger partial charge in [0.1, 0.15) is 13.1 Å². The number of amides is 3. The zero-order valence-corrected chi connectivity index (χ0v) is 15.0. The molecule has 0 unspecified atom stereocenters. The molecule has 0 bridgehead atoms. The molecule has 7 nitrogen and oxygen atoms in total. The van der Waals surface area contributed by atoms with E-state index in [0.717, 1.165) is 23.5 Å². The highest BCUT2D eigenvalue weighted by Gasteiger charge is 2.45. The molecule has 10 heteroatoms. The molecule has 148 valence electrons. The fourth-order valence-electron chi connectivity index (χ4n) is 3.61. The number of imide groups is 1. The van der Waals surface area contributed by atoms with Crippen LogP contribution in [0.15, 0.2) is 28.8 Å². The van der Waals surface area contributed by atoms with Gasteiger partial charge in [-0.3, -0.25) is 9.69 Å². The third kappa shape index (κ3) is 2.92. The predicted molar refractivity (Wildman–Crippen MR) is 88.9 cm³/mol. The summed E-state index contributed by atoms with van der Waals surface area (Å²) in [5.41, 5.74) is -0.597. The Morgan fingerprint density at radius 1 is 1.18 bits per heavy atom. The van der Waals surface area contributed by atoms with Gasteiger partial charge in [-0.15, -0.1) is 0 Å². The number of halogens is 3. The molecule has 2 aliphatic rings. The summed E-state index contributed by atoms with van der Waals surface area (Å²) in [7, 11) is 1.40. The van der Waals surface area contributed by atoms with Crippen LogP contribution in [-0.2, 0) is 22.9 Å². The van der Waals surface area contributed by atoms with Crippen molar-refractivity contribution < 1.29 is 27.3 Å². The van der Waals surface area contributed by atoms with Crippen LogP contribution in [0.5, 0.6) is 0 Å². The number of aromatic nitrogens is 2. The van der Waals surface area contributed by atoms with Crippen molar-refractivity contribution in [1.29, 1.82) is 0 Å². The van der Waals surface area contributed by atoms with Crippen LogP contribution in [0.4, 0.5) is 18.0 Å². The number of likely N-dealkylation sites (N-methyl/N-ethyl adjacent to an activating group) is 1. The number of benzene rings is 1. The summed E-state index contributed by atoms with van der Waals surface area (Å²) < 4.78 is 43.7. The molecule has 1 aliphatic carbocycles. The molecule has 0 N–H and O–H groups in total. The van der Waals surface area contributed by atoms with E-state index >= 15 is 0 Å². The van der Waals surface area contributed by atoms with Crippen molar-refractivity contribution in [2.75, 3.05) is 13.6 Å². The van der Waals surface area contributed by atoms with Gasteiger partial charge in [0.2, 0.25) is 11.8 Å². The highest BCUT2D eigenvalue weighted by atomic mass is 19.4. The minimum absolute atomic E-state index is 0.00497. The van der Waals surface area contributed by atoms with Crippen LogP contribution in [0.2, 0.25) is 0 Å². The Hall–Kier alpha value is -2.91. The standard InChI is InChI=1S/C18H17F3N4O3/c1-24-14(26)10-25(16(24)27)9-13-22-15(23-28-13)17(7-2-8-17)11-3-5-12(6-4-11)18(19,20)21/h3-6H,2,7-10H2,1H3. The van der Waals surface area contributed by atoms with Crippen molar-refractivity contribution in [1.82, 2.24) is 19.9 Å². The quantitative estimate of drug-likeness (QED) is 0.745. The van der Waals surface area contributed by atoms with Crippen LogP contribution in [0, 0.1) is 0 Å². The maximum absolute atomic E-state index is 12.8. The van der Waals surface area contributed by atoms with Gasteiger partial charge in [0.15, 0.2) is 5.82 Å². The minimum Gasteiger partial charge on any atom is -0.337 e. The zero-order valence-electron chi connectivity index (χ0n) is 15.0. The summed E-state index contributed by atoms with van der Waals surface area (Å²) in [6.07, 6.45) is -2.10. The number of alkyl halides is 3. The van der Waals surface area contributed by atoms with Gasteiger partial charge in [-0.25, -0.2) is 4.79 Å². The Bertz CT molecular complexity index is 919. The van der Waals surface area contributed by atoms with Gasteiger partial charge in [-0.05, 0) is 30.5 Å². The van der Waals surface area contributed by atoms with E-state index in [1.54, 1.807) is 0 Å². The smallest absolute Gasteiger partial charge is 0.337 e. The normalized spacial score (nSPS) is 19.3. The second kappa shape index (κ2) is 6.32. The van der Waals surface area contributed by atoms with E-state index in [-0.39, 0.29) is 24.9 Å². The summed E-state index contributed by atoms with van der Waals surface area (Å²) in [6.45, 7) is -0.0535. The van der Waals surface area contributed by atoms with E-state index in [2.05, 4.69) is 10.1 Å². The van der Waals surface area contributed by atoms with Gasteiger partial charge in [0.05, 0.1) is 11.0 Å². The SMILES string of the molecule is CN1C(=O)CN(Cc2nc(C3(c4ccc(C(F)(F)F)cc4)CCC3)no2)C1=O. The molecular weight excluding hydrogens is 377 g/mol. The van der Waals surface area contributed by atoms with Crippen LogP contribution in [0.3, 0.4) is 0 Å². The molecule has 28 heavy (non-hydrogen) atoms. The number of rotatable bonds is 4. The molecule has 1 aromatic carbocycles. The molecule has 2 fully saturated rings. The first-order chi connectivity index (χ1) is 13.2. The monoisotopic (exact) mass is 394 g/mol. The molecule has 1 aliphatic heterocycles. The van der Waals surface area contributed by atoms with Gasteiger partial charge in [-0.1, -0.05) is 23.7 Å².